The number of aromatic carboxylic acids is 1. The summed E-state index contributed by atoms with van der Waals surface area (Å²) in [5, 5.41) is 12.1. The van der Waals surface area contributed by atoms with Crippen molar-refractivity contribution in [1.82, 2.24) is 14.9 Å². The summed E-state index contributed by atoms with van der Waals surface area (Å²) >= 11 is 0. The van der Waals surface area contributed by atoms with Gasteiger partial charge in [0.15, 0.2) is 0 Å². The molecule has 1 heterocycles. The maximum absolute atomic E-state index is 12.1. The van der Waals surface area contributed by atoms with Gasteiger partial charge in [0.2, 0.25) is 5.91 Å². The van der Waals surface area contributed by atoms with Gasteiger partial charge in [0.25, 0.3) is 0 Å². The van der Waals surface area contributed by atoms with E-state index in [-0.39, 0.29) is 23.4 Å². The number of rotatable bonds is 6. The average molecular weight is 329 g/mol. The minimum atomic E-state index is -0.963. The highest BCUT2D eigenvalue weighted by Crippen LogP contribution is 2.27. The fourth-order valence-electron chi connectivity index (χ4n) is 3.06. The predicted octanol–water partition coefficient (Wildman–Crippen LogP) is 3.12. The molecule has 1 aromatic carbocycles. The van der Waals surface area contributed by atoms with Crippen molar-refractivity contribution in [3.05, 3.63) is 29.6 Å². The smallest absolute Gasteiger partial charge is 0.335 e. The first-order valence-corrected chi connectivity index (χ1v) is 8.53. The molecule has 1 aromatic heterocycles. The van der Waals surface area contributed by atoms with Crippen LogP contribution in [0.25, 0.3) is 11.0 Å². The Bertz CT molecular complexity index is 777. The summed E-state index contributed by atoms with van der Waals surface area (Å²) in [6.07, 6.45) is 3.99. The molecular weight excluding hydrogens is 306 g/mol. The highest BCUT2D eigenvalue weighted by Gasteiger charge is 2.25. The molecule has 1 fully saturated rings. The molecule has 1 aliphatic carbocycles. The Hall–Kier alpha value is -2.37. The number of benzene rings is 1. The first-order valence-electron chi connectivity index (χ1n) is 8.53. The van der Waals surface area contributed by atoms with E-state index in [0.717, 1.165) is 37.0 Å². The molecule has 1 aliphatic rings. The summed E-state index contributed by atoms with van der Waals surface area (Å²) < 4.78 is 2.10. The van der Waals surface area contributed by atoms with Crippen LogP contribution in [0.2, 0.25) is 0 Å². The zero-order chi connectivity index (χ0) is 17.3. The van der Waals surface area contributed by atoms with E-state index >= 15 is 0 Å². The number of nitrogens with one attached hydrogen (secondary N) is 1. The van der Waals surface area contributed by atoms with Gasteiger partial charge in [-0.25, -0.2) is 9.78 Å². The molecule has 2 N–H and O–H groups in total. The highest BCUT2D eigenvalue weighted by molar-refractivity contribution is 5.92. The number of aromatic nitrogens is 2. The molecule has 1 unspecified atom stereocenters. The minimum Gasteiger partial charge on any atom is -0.478 e. The van der Waals surface area contributed by atoms with Gasteiger partial charge in [0.1, 0.15) is 5.82 Å². The van der Waals surface area contributed by atoms with Crippen LogP contribution in [-0.2, 0) is 11.3 Å². The van der Waals surface area contributed by atoms with Gasteiger partial charge >= 0.3 is 5.97 Å². The fraction of sp³-hybridized carbons (Fsp3) is 0.500. The molecule has 128 valence electrons. The van der Waals surface area contributed by atoms with E-state index in [2.05, 4.69) is 28.7 Å². The van der Waals surface area contributed by atoms with Gasteiger partial charge in [-0.05, 0) is 44.4 Å². The molecule has 1 amide bonds. The van der Waals surface area contributed by atoms with E-state index in [0.29, 0.717) is 12.1 Å². The van der Waals surface area contributed by atoms with Gasteiger partial charge in [-0.1, -0.05) is 13.3 Å². The number of imidazole rings is 1. The summed E-state index contributed by atoms with van der Waals surface area (Å²) in [7, 11) is 0. The minimum absolute atomic E-state index is 0.0928. The van der Waals surface area contributed by atoms with Gasteiger partial charge in [-0.2, -0.15) is 0 Å². The van der Waals surface area contributed by atoms with Crippen LogP contribution in [0.3, 0.4) is 0 Å². The zero-order valence-corrected chi connectivity index (χ0v) is 14.1. The lowest BCUT2D eigenvalue weighted by atomic mass is 9.85. The summed E-state index contributed by atoms with van der Waals surface area (Å²) in [4.78, 5) is 27.8. The van der Waals surface area contributed by atoms with E-state index in [1.165, 1.54) is 0 Å². The number of nitrogens with zero attached hydrogens (tertiary/aromatic N) is 2. The van der Waals surface area contributed by atoms with Gasteiger partial charge in [-0.3, -0.25) is 4.79 Å². The summed E-state index contributed by atoms with van der Waals surface area (Å²) in [5.74, 6) is 0.0460. The second-order valence-corrected chi connectivity index (χ2v) is 6.51. The van der Waals surface area contributed by atoms with Crippen LogP contribution >= 0.6 is 0 Å². The second kappa shape index (κ2) is 6.63. The lowest BCUT2D eigenvalue weighted by Gasteiger charge is -2.24. The van der Waals surface area contributed by atoms with Crippen LogP contribution in [0.4, 0.5) is 0 Å². The second-order valence-electron chi connectivity index (χ2n) is 6.51. The molecular formula is C18H23N3O3. The van der Waals surface area contributed by atoms with Crippen LogP contribution in [-0.4, -0.2) is 26.5 Å². The van der Waals surface area contributed by atoms with Crippen molar-refractivity contribution in [3.63, 3.8) is 0 Å². The van der Waals surface area contributed by atoms with Crippen LogP contribution in [0, 0.1) is 5.92 Å². The molecule has 1 saturated carbocycles. The predicted molar refractivity (Wildman–Crippen MR) is 90.9 cm³/mol. The van der Waals surface area contributed by atoms with E-state index < -0.39 is 5.97 Å². The molecule has 0 saturated heterocycles. The van der Waals surface area contributed by atoms with Gasteiger partial charge < -0.3 is 15.0 Å². The van der Waals surface area contributed by atoms with Crippen molar-refractivity contribution in [1.29, 1.82) is 0 Å². The van der Waals surface area contributed by atoms with Crippen molar-refractivity contribution in [2.75, 3.05) is 0 Å². The van der Waals surface area contributed by atoms with Gasteiger partial charge in [0, 0.05) is 12.0 Å². The third kappa shape index (κ3) is 3.00. The van der Waals surface area contributed by atoms with Crippen LogP contribution in [0.5, 0.6) is 0 Å². The first kappa shape index (κ1) is 16.5. The SMILES string of the molecule is CCC(C)n1c(CNC(=O)C2CCC2)nc2cc(C(=O)O)ccc21. The van der Waals surface area contributed by atoms with Crippen LogP contribution < -0.4 is 5.32 Å². The lowest BCUT2D eigenvalue weighted by Crippen LogP contribution is -2.34. The number of carboxylic acids is 1. The van der Waals surface area contributed by atoms with E-state index in [4.69, 9.17) is 5.11 Å². The Morgan fingerprint density at radius 2 is 2.17 bits per heavy atom. The normalized spacial score (nSPS) is 15.9. The third-order valence-corrected chi connectivity index (χ3v) is 4.94. The number of hydrogen-bond donors (Lipinski definition) is 2. The molecule has 0 bridgehead atoms. The molecule has 0 spiro atoms. The molecule has 0 aliphatic heterocycles. The van der Waals surface area contributed by atoms with Crippen molar-refractivity contribution < 1.29 is 14.7 Å². The number of carbonyl (C=O) groups excluding carboxylic acids is 1. The van der Waals surface area contributed by atoms with Crippen molar-refractivity contribution in [2.24, 2.45) is 5.92 Å². The molecule has 1 atom stereocenters. The average Bonchev–Trinajstić information content (AvgIpc) is 2.87. The Morgan fingerprint density at radius 3 is 2.75 bits per heavy atom. The number of amides is 1. The molecule has 24 heavy (non-hydrogen) atoms. The standard InChI is InChI=1S/C18H23N3O3/c1-3-11(2)21-15-8-7-13(18(23)24)9-14(15)20-16(21)10-19-17(22)12-5-4-6-12/h7-9,11-12H,3-6,10H2,1-2H3,(H,19,22)(H,23,24). The van der Waals surface area contributed by atoms with Crippen molar-refractivity contribution in [2.45, 2.75) is 52.1 Å². The Balaban J connectivity index is 1.91. The quantitative estimate of drug-likeness (QED) is 0.853. The molecule has 2 aromatic rings. The topological polar surface area (TPSA) is 84.2 Å². The Labute approximate surface area is 140 Å². The zero-order valence-electron chi connectivity index (χ0n) is 14.1. The van der Waals surface area contributed by atoms with Crippen LogP contribution in [0.15, 0.2) is 18.2 Å². The van der Waals surface area contributed by atoms with Crippen molar-refractivity contribution >= 4 is 22.9 Å². The van der Waals surface area contributed by atoms with Crippen molar-refractivity contribution in [3.8, 4) is 0 Å². The van der Waals surface area contributed by atoms with Gasteiger partial charge in [0.05, 0.1) is 23.1 Å². The number of carboxylic acid groups (broad SMARTS) is 1. The Morgan fingerprint density at radius 1 is 1.42 bits per heavy atom. The summed E-state index contributed by atoms with van der Waals surface area (Å²) in [5.41, 5.74) is 1.78. The first-order chi connectivity index (χ1) is 11.5. The number of carbonyl (C=O) groups is 2. The molecule has 3 rings (SSSR count). The number of hydrogen-bond acceptors (Lipinski definition) is 3. The van der Waals surface area contributed by atoms with E-state index in [1.54, 1.807) is 18.2 Å². The summed E-state index contributed by atoms with van der Waals surface area (Å²) in [6, 6.07) is 5.21. The monoisotopic (exact) mass is 329 g/mol. The molecule has 6 heteroatoms. The Kier molecular flexibility index (Phi) is 4.55. The maximum Gasteiger partial charge on any atom is 0.335 e. The maximum atomic E-state index is 12.1. The van der Waals surface area contributed by atoms with Gasteiger partial charge in [-0.15, -0.1) is 0 Å². The lowest BCUT2D eigenvalue weighted by molar-refractivity contribution is -0.127. The van der Waals surface area contributed by atoms with E-state index in [9.17, 15) is 9.59 Å². The van der Waals surface area contributed by atoms with E-state index in [1.807, 2.05) is 0 Å². The van der Waals surface area contributed by atoms with Crippen LogP contribution in [0.1, 0.15) is 61.8 Å². The number of fused-ring (bicyclic) bond motifs is 1. The molecule has 0 radical (unpaired) electrons. The fourth-order valence-corrected chi connectivity index (χ4v) is 3.06. The summed E-state index contributed by atoms with van der Waals surface area (Å²) in [6.45, 7) is 4.57. The third-order valence-electron chi connectivity index (χ3n) is 4.94. The largest absolute Gasteiger partial charge is 0.478 e. The highest BCUT2D eigenvalue weighted by atomic mass is 16.4. The molecule has 6 nitrogen and oxygen atoms in total.